The van der Waals surface area contributed by atoms with Gasteiger partial charge in [-0.2, -0.15) is 13.2 Å². The van der Waals surface area contributed by atoms with Gasteiger partial charge in [0.25, 0.3) is 5.91 Å². The molecule has 1 unspecified atom stereocenters. The average Bonchev–Trinajstić information content (AvgIpc) is 3.57. The first-order valence-electron chi connectivity index (χ1n) is 11.2. The lowest BCUT2D eigenvalue weighted by Crippen LogP contribution is -2.43. The maximum atomic E-state index is 14.1. The lowest BCUT2D eigenvalue weighted by molar-refractivity contribution is -0.195. The Morgan fingerprint density at radius 1 is 1.20 bits per heavy atom. The number of aryl methyl sites for hydroxylation is 1. The van der Waals surface area contributed by atoms with Crippen molar-refractivity contribution in [3.8, 4) is 0 Å². The van der Waals surface area contributed by atoms with Crippen molar-refractivity contribution in [3.05, 3.63) is 58.9 Å². The van der Waals surface area contributed by atoms with Crippen molar-refractivity contribution >= 4 is 11.8 Å². The van der Waals surface area contributed by atoms with E-state index in [-0.39, 0.29) is 36.8 Å². The maximum absolute atomic E-state index is 14.1. The van der Waals surface area contributed by atoms with Gasteiger partial charge in [0, 0.05) is 37.3 Å². The summed E-state index contributed by atoms with van der Waals surface area (Å²) in [4.78, 5) is 34.0. The third-order valence-electron chi connectivity index (χ3n) is 6.56. The number of primary amides is 1. The van der Waals surface area contributed by atoms with Gasteiger partial charge >= 0.3 is 6.18 Å². The summed E-state index contributed by atoms with van der Waals surface area (Å²) in [7, 11) is 3.55. The number of nitrogens with two attached hydrogens (primary N) is 1. The number of amides is 2. The number of nitrogens with one attached hydrogen (secondary N) is 1. The number of rotatable bonds is 10. The lowest BCUT2D eigenvalue weighted by Gasteiger charge is -2.29. The molecule has 3 N–H and O–H groups in total. The Labute approximate surface area is 201 Å². The van der Waals surface area contributed by atoms with Crippen LogP contribution in [0.4, 0.5) is 17.6 Å². The fourth-order valence-corrected chi connectivity index (χ4v) is 4.16. The summed E-state index contributed by atoms with van der Waals surface area (Å²) in [5.41, 5.74) is 4.21. The quantitative estimate of drug-likeness (QED) is 0.494. The number of carbonyl (C=O) groups is 2. The summed E-state index contributed by atoms with van der Waals surface area (Å²) in [5, 5.41) is 2.72. The van der Waals surface area contributed by atoms with E-state index in [1.165, 1.54) is 24.5 Å². The molecular weight excluding hydrogens is 466 g/mol. The zero-order chi connectivity index (χ0) is 26.0. The molecule has 1 heterocycles. The average molecular weight is 496 g/mol. The molecule has 3 rings (SSSR count). The second-order valence-corrected chi connectivity index (χ2v) is 9.33. The van der Waals surface area contributed by atoms with E-state index >= 15 is 0 Å². The van der Waals surface area contributed by atoms with E-state index in [2.05, 4.69) is 15.3 Å². The fourth-order valence-electron chi connectivity index (χ4n) is 4.16. The number of halogens is 4. The summed E-state index contributed by atoms with van der Waals surface area (Å²) < 4.78 is 55.8. The molecule has 0 radical (unpaired) electrons. The third kappa shape index (κ3) is 6.14. The molecule has 1 fully saturated rings. The number of aromatic nitrogens is 2. The smallest absolute Gasteiger partial charge is 0.366 e. The van der Waals surface area contributed by atoms with Crippen LogP contribution in [-0.2, 0) is 11.2 Å². The Hall–Kier alpha value is -3.08. The molecule has 1 aliphatic rings. The Kier molecular flexibility index (Phi) is 7.78. The van der Waals surface area contributed by atoms with Crippen LogP contribution >= 0.6 is 0 Å². The van der Waals surface area contributed by atoms with Crippen LogP contribution in [0.25, 0.3) is 0 Å². The Morgan fingerprint density at radius 3 is 2.31 bits per heavy atom. The van der Waals surface area contributed by atoms with Crippen LogP contribution in [0.15, 0.2) is 30.6 Å². The first-order valence-corrected chi connectivity index (χ1v) is 11.2. The Balaban J connectivity index is 1.70. The molecule has 7 nitrogen and oxygen atoms in total. The monoisotopic (exact) mass is 495 g/mol. The van der Waals surface area contributed by atoms with Gasteiger partial charge in [-0.15, -0.1) is 0 Å². The summed E-state index contributed by atoms with van der Waals surface area (Å²) in [6.07, 6.45) is -1.78. The highest BCUT2D eigenvalue weighted by Gasteiger charge is 2.68. The Bertz CT molecular complexity index is 1070. The number of hydrogen-bond acceptors (Lipinski definition) is 5. The second kappa shape index (κ2) is 10.3. The molecule has 1 aliphatic carbocycles. The van der Waals surface area contributed by atoms with Gasteiger partial charge < -0.3 is 16.0 Å². The molecule has 0 aliphatic heterocycles. The summed E-state index contributed by atoms with van der Waals surface area (Å²) in [5.74, 6) is -3.33. The highest BCUT2D eigenvalue weighted by atomic mass is 19.4. The molecule has 2 aromatic rings. The van der Waals surface area contributed by atoms with Crippen molar-refractivity contribution in [1.82, 2.24) is 20.2 Å². The standard InChI is InChI=1S/C24H29F4N5O2/c1-14-11-31-22(32-12-14)18(23(6-7-23)24(26,27)28)10-20(34)30-13-16(33(2)3)8-15-4-5-17(21(29)35)19(25)9-15/h4-5,9,11-12,16,18H,6-8,10,13H2,1-3H3,(H2,29,35)(H,30,34)/t16-,18?/m0/s1. The van der Waals surface area contributed by atoms with Crippen molar-refractivity contribution < 1.29 is 27.2 Å². The topological polar surface area (TPSA) is 101 Å². The van der Waals surface area contributed by atoms with E-state index in [0.717, 1.165) is 0 Å². The SMILES string of the molecule is Cc1cnc(C(CC(=O)NC[C@H](Cc2ccc(C(N)=O)c(F)c2)N(C)C)C2(C(F)(F)F)CC2)nc1. The minimum absolute atomic E-state index is 0.00903. The molecule has 35 heavy (non-hydrogen) atoms. The first-order chi connectivity index (χ1) is 16.3. The van der Waals surface area contributed by atoms with E-state index in [1.807, 2.05) is 4.90 Å². The van der Waals surface area contributed by atoms with Crippen molar-refractivity contribution in [3.63, 3.8) is 0 Å². The molecule has 1 aromatic carbocycles. The van der Waals surface area contributed by atoms with Crippen LogP contribution < -0.4 is 11.1 Å². The van der Waals surface area contributed by atoms with Gasteiger partial charge in [-0.25, -0.2) is 14.4 Å². The van der Waals surface area contributed by atoms with Crippen LogP contribution in [0.5, 0.6) is 0 Å². The predicted molar refractivity (Wildman–Crippen MR) is 121 cm³/mol. The van der Waals surface area contributed by atoms with E-state index in [4.69, 9.17) is 5.73 Å². The fraction of sp³-hybridized carbons (Fsp3) is 0.500. The zero-order valence-corrected chi connectivity index (χ0v) is 19.8. The van der Waals surface area contributed by atoms with Crippen LogP contribution in [0.1, 0.15) is 52.5 Å². The van der Waals surface area contributed by atoms with Gasteiger partial charge in [0.1, 0.15) is 11.6 Å². The molecule has 1 saturated carbocycles. The molecule has 1 aromatic heterocycles. The van der Waals surface area contributed by atoms with Crippen molar-refractivity contribution in [2.24, 2.45) is 11.1 Å². The highest BCUT2D eigenvalue weighted by molar-refractivity contribution is 5.93. The summed E-state index contributed by atoms with van der Waals surface area (Å²) >= 11 is 0. The van der Waals surface area contributed by atoms with Crippen LogP contribution in [-0.4, -0.2) is 59.5 Å². The first kappa shape index (κ1) is 26.5. The molecule has 2 amide bonds. The summed E-state index contributed by atoms with van der Waals surface area (Å²) in [6.45, 7) is 1.86. The third-order valence-corrected chi connectivity index (χ3v) is 6.56. The molecule has 0 spiro atoms. The number of alkyl halides is 3. The summed E-state index contributed by atoms with van der Waals surface area (Å²) in [6, 6.07) is 3.82. The molecule has 11 heteroatoms. The van der Waals surface area contributed by atoms with E-state index < -0.39 is 41.6 Å². The number of benzene rings is 1. The van der Waals surface area contributed by atoms with Gasteiger partial charge in [-0.3, -0.25) is 9.59 Å². The maximum Gasteiger partial charge on any atom is 0.395 e. The molecule has 190 valence electrons. The van der Waals surface area contributed by atoms with Crippen LogP contribution in [0.2, 0.25) is 0 Å². The molecular formula is C24H29F4N5O2. The minimum Gasteiger partial charge on any atom is -0.366 e. The van der Waals surface area contributed by atoms with E-state index in [1.54, 1.807) is 27.1 Å². The Morgan fingerprint density at radius 2 is 1.83 bits per heavy atom. The van der Waals surface area contributed by atoms with Gasteiger partial charge in [0.2, 0.25) is 5.91 Å². The van der Waals surface area contributed by atoms with Crippen molar-refractivity contribution in [2.45, 2.75) is 50.7 Å². The van der Waals surface area contributed by atoms with Gasteiger partial charge in [0.15, 0.2) is 0 Å². The minimum atomic E-state index is -4.47. The van der Waals surface area contributed by atoms with Crippen LogP contribution in [0, 0.1) is 18.2 Å². The van der Waals surface area contributed by atoms with Gasteiger partial charge in [-0.1, -0.05) is 6.07 Å². The van der Waals surface area contributed by atoms with Crippen molar-refractivity contribution in [2.75, 3.05) is 20.6 Å². The zero-order valence-electron chi connectivity index (χ0n) is 19.8. The normalized spacial score (nSPS) is 16.6. The van der Waals surface area contributed by atoms with E-state index in [9.17, 15) is 27.2 Å². The molecule has 2 atom stereocenters. The predicted octanol–water partition coefficient (Wildman–Crippen LogP) is 3.13. The van der Waals surface area contributed by atoms with Gasteiger partial charge in [-0.05, 0) is 63.5 Å². The second-order valence-electron chi connectivity index (χ2n) is 9.33. The number of carbonyl (C=O) groups excluding carboxylic acids is 2. The highest BCUT2D eigenvalue weighted by Crippen LogP contribution is 2.65. The molecule has 0 saturated heterocycles. The van der Waals surface area contributed by atoms with Crippen LogP contribution in [0.3, 0.4) is 0 Å². The number of hydrogen-bond donors (Lipinski definition) is 2. The van der Waals surface area contributed by atoms with Gasteiger partial charge in [0.05, 0.1) is 11.0 Å². The number of likely N-dealkylation sites (N-methyl/N-ethyl adjacent to an activating group) is 1. The lowest BCUT2D eigenvalue weighted by atomic mass is 9.84. The van der Waals surface area contributed by atoms with E-state index in [0.29, 0.717) is 17.5 Å². The largest absolute Gasteiger partial charge is 0.395 e. The molecule has 0 bridgehead atoms. The number of nitrogens with zero attached hydrogens (tertiary/aromatic N) is 3. The van der Waals surface area contributed by atoms with Crippen molar-refractivity contribution in [1.29, 1.82) is 0 Å².